The number of methoxy groups -OCH3 is 1. The summed E-state index contributed by atoms with van der Waals surface area (Å²) in [5, 5.41) is 0. The van der Waals surface area contributed by atoms with Crippen molar-refractivity contribution in [2.24, 2.45) is 11.8 Å². The van der Waals surface area contributed by atoms with Gasteiger partial charge in [-0.05, 0) is 38.5 Å². The van der Waals surface area contributed by atoms with E-state index >= 15 is 0 Å². The summed E-state index contributed by atoms with van der Waals surface area (Å²) >= 11 is 0. The van der Waals surface area contributed by atoms with Gasteiger partial charge in [0.25, 0.3) is 0 Å². The molecule has 1 amide bonds. The van der Waals surface area contributed by atoms with Crippen molar-refractivity contribution in [3.63, 3.8) is 0 Å². The third-order valence-corrected chi connectivity index (χ3v) is 4.92. The highest BCUT2D eigenvalue weighted by atomic mass is 16.5. The Morgan fingerprint density at radius 1 is 1.36 bits per heavy atom. The van der Waals surface area contributed by atoms with Gasteiger partial charge in [0.05, 0.1) is 13.2 Å². The van der Waals surface area contributed by atoms with E-state index in [4.69, 9.17) is 9.47 Å². The summed E-state index contributed by atoms with van der Waals surface area (Å²) in [4.78, 5) is 25.3. The molecule has 0 aromatic rings. The second kappa shape index (κ2) is 7.27. The number of amides is 1. The number of esters is 1. The molecule has 22 heavy (non-hydrogen) atoms. The summed E-state index contributed by atoms with van der Waals surface area (Å²) in [6.45, 7) is 8.50. The fourth-order valence-electron chi connectivity index (χ4n) is 3.53. The summed E-state index contributed by atoms with van der Waals surface area (Å²) in [5.74, 6) is 0.561. The maximum Gasteiger partial charge on any atom is 0.328 e. The van der Waals surface area contributed by atoms with Crippen LogP contribution in [0.5, 0.6) is 0 Å². The molecule has 5 heteroatoms. The summed E-state index contributed by atoms with van der Waals surface area (Å²) in [7, 11) is 1.35. The zero-order valence-electron chi connectivity index (χ0n) is 13.8. The lowest BCUT2D eigenvalue weighted by Crippen LogP contribution is -2.43. The van der Waals surface area contributed by atoms with Crippen LogP contribution in [-0.4, -0.2) is 42.8 Å². The van der Waals surface area contributed by atoms with E-state index in [0.29, 0.717) is 24.7 Å². The Morgan fingerprint density at radius 3 is 2.73 bits per heavy atom. The standard InChI is InChI=1S/C17H27NO4/c1-11(2)13-6-5-12(3)9-15(13)22-10-18-14(17(20)21-4)7-8-16(18)19/h12-15H,1,5-10H2,2-4H3/t12-,13+,14-,15-/m0/s1. The van der Waals surface area contributed by atoms with Crippen LogP contribution in [0.4, 0.5) is 0 Å². The number of nitrogens with zero attached hydrogens (tertiary/aromatic N) is 1. The number of hydrogen-bond donors (Lipinski definition) is 0. The molecule has 0 N–H and O–H groups in total. The molecule has 1 saturated heterocycles. The number of hydrogen-bond acceptors (Lipinski definition) is 4. The van der Waals surface area contributed by atoms with Crippen molar-refractivity contribution in [1.29, 1.82) is 0 Å². The summed E-state index contributed by atoms with van der Waals surface area (Å²) in [6.07, 6.45) is 4.21. The second-order valence-corrected chi connectivity index (χ2v) is 6.65. The molecule has 0 spiro atoms. The first-order valence-corrected chi connectivity index (χ1v) is 8.08. The van der Waals surface area contributed by atoms with E-state index in [1.807, 2.05) is 6.92 Å². The van der Waals surface area contributed by atoms with Gasteiger partial charge in [0.1, 0.15) is 12.8 Å². The first-order chi connectivity index (χ1) is 10.4. The molecule has 1 heterocycles. The normalized spacial score (nSPS) is 32.1. The van der Waals surface area contributed by atoms with Crippen LogP contribution < -0.4 is 0 Å². The molecule has 2 aliphatic rings. The molecule has 124 valence electrons. The Bertz CT molecular complexity index is 448. The zero-order chi connectivity index (χ0) is 16.3. The van der Waals surface area contributed by atoms with Gasteiger partial charge in [-0.3, -0.25) is 4.79 Å². The van der Waals surface area contributed by atoms with Crippen molar-refractivity contribution in [2.75, 3.05) is 13.8 Å². The maximum atomic E-state index is 12.0. The number of carbonyl (C=O) groups is 2. The summed E-state index contributed by atoms with van der Waals surface area (Å²) in [5.41, 5.74) is 1.13. The van der Waals surface area contributed by atoms with Crippen LogP contribution >= 0.6 is 0 Å². The van der Waals surface area contributed by atoms with E-state index in [0.717, 1.165) is 18.4 Å². The van der Waals surface area contributed by atoms with Gasteiger partial charge < -0.3 is 14.4 Å². The van der Waals surface area contributed by atoms with Gasteiger partial charge in [0.2, 0.25) is 5.91 Å². The lowest BCUT2D eigenvalue weighted by atomic mass is 9.78. The van der Waals surface area contributed by atoms with E-state index < -0.39 is 6.04 Å². The molecular weight excluding hydrogens is 282 g/mol. The highest BCUT2D eigenvalue weighted by Gasteiger charge is 2.38. The third-order valence-electron chi connectivity index (χ3n) is 4.92. The lowest BCUT2D eigenvalue weighted by molar-refractivity contribution is -0.156. The Morgan fingerprint density at radius 2 is 2.09 bits per heavy atom. The van der Waals surface area contributed by atoms with Gasteiger partial charge in [0.15, 0.2) is 0 Å². The van der Waals surface area contributed by atoms with Gasteiger partial charge in [-0.1, -0.05) is 19.1 Å². The van der Waals surface area contributed by atoms with Crippen molar-refractivity contribution in [2.45, 2.75) is 58.1 Å². The average molecular weight is 309 g/mol. The minimum Gasteiger partial charge on any atom is -0.467 e. The molecular formula is C17H27NO4. The van der Waals surface area contributed by atoms with Crippen LogP contribution in [0, 0.1) is 11.8 Å². The monoisotopic (exact) mass is 309 g/mol. The van der Waals surface area contributed by atoms with Gasteiger partial charge >= 0.3 is 5.97 Å². The Labute approximate surface area is 132 Å². The highest BCUT2D eigenvalue weighted by molar-refractivity contribution is 5.88. The van der Waals surface area contributed by atoms with Crippen molar-refractivity contribution in [1.82, 2.24) is 4.90 Å². The molecule has 1 saturated carbocycles. The van der Waals surface area contributed by atoms with E-state index in [1.165, 1.54) is 18.4 Å². The van der Waals surface area contributed by atoms with E-state index in [2.05, 4.69) is 13.5 Å². The van der Waals surface area contributed by atoms with Gasteiger partial charge in [0, 0.05) is 12.3 Å². The predicted molar refractivity (Wildman–Crippen MR) is 82.9 cm³/mol. The smallest absolute Gasteiger partial charge is 0.328 e. The molecule has 0 radical (unpaired) electrons. The first kappa shape index (κ1) is 17.0. The molecule has 4 atom stereocenters. The highest BCUT2D eigenvalue weighted by Crippen LogP contribution is 2.35. The molecule has 0 unspecified atom stereocenters. The fraction of sp³-hybridized carbons (Fsp3) is 0.765. The molecule has 0 aromatic heterocycles. The molecule has 1 aliphatic carbocycles. The van der Waals surface area contributed by atoms with Crippen LogP contribution in [0.1, 0.15) is 46.0 Å². The predicted octanol–water partition coefficient (Wildman–Crippen LogP) is 2.51. The number of ether oxygens (including phenoxy) is 2. The molecule has 2 rings (SSSR count). The van der Waals surface area contributed by atoms with E-state index in [-0.39, 0.29) is 24.7 Å². The molecule has 2 fully saturated rings. The van der Waals surface area contributed by atoms with Gasteiger partial charge in [-0.2, -0.15) is 0 Å². The number of carbonyl (C=O) groups excluding carboxylic acids is 2. The maximum absolute atomic E-state index is 12.0. The topological polar surface area (TPSA) is 55.8 Å². The first-order valence-electron chi connectivity index (χ1n) is 8.08. The SMILES string of the molecule is C=C(C)[C@H]1CC[C@H](C)C[C@@H]1OCN1C(=O)CC[C@H]1C(=O)OC. The Hall–Kier alpha value is -1.36. The fourth-order valence-corrected chi connectivity index (χ4v) is 3.53. The van der Waals surface area contributed by atoms with Crippen molar-refractivity contribution >= 4 is 11.9 Å². The van der Waals surface area contributed by atoms with E-state index in [1.54, 1.807) is 0 Å². The second-order valence-electron chi connectivity index (χ2n) is 6.65. The third kappa shape index (κ3) is 3.69. The molecule has 5 nitrogen and oxygen atoms in total. The largest absolute Gasteiger partial charge is 0.467 e. The molecule has 1 aliphatic heterocycles. The molecule has 0 bridgehead atoms. The Kier molecular flexibility index (Phi) is 5.62. The lowest BCUT2D eigenvalue weighted by Gasteiger charge is -2.36. The van der Waals surface area contributed by atoms with Gasteiger partial charge in [-0.25, -0.2) is 4.79 Å². The summed E-state index contributed by atoms with van der Waals surface area (Å²) in [6, 6.07) is -0.498. The van der Waals surface area contributed by atoms with Crippen LogP contribution in [-0.2, 0) is 19.1 Å². The van der Waals surface area contributed by atoms with E-state index in [9.17, 15) is 9.59 Å². The summed E-state index contributed by atoms with van der Waals surface area (Å²) < 4.78 is 10.8. The van der Waals surface area contributed by atoms with Crippen LogP contribution in [0.25, 0.3) is 0 Å². The molecule has 0 aromatic carbocycles. The zero-order valence-corrected chi connectivity index (χ0v) is 13.8. The number of rotatable bonds is 5. The van der Waals surface area contributed by atoms with Crippen LogP contribution in [0.3, 0.4) is 0 Å². The quantitative estimate of drug-likeness (QED) is 0.578. The van der Waals surface area contributed by atoms with Crippen LogP contribution in [0.2, 0.25) is 0 Å². The van der Waals surface area contributed by atoms with Crippen molar-refractivity contribution in [3.05, 3.63) is 12.2 Å². The van der Waals surface area contributed by atoms with Crippen molar-refractivity contribution < 1.29 is 19.1 Å². The minimum absolute atomic E-state index is 0.0360. The van der Waals surface area contributed by atoms with Crippen molar-refractivity contribution in [3.8, 4) is 0 Å². The van der Waals surface area contributed by atoms with Gasteiger partial charge in [-0.15, -0.1) is 0 Å². The van der Waals surface area contributed by atoms with Crippen LogP contribution in [0.15, 0.2) is 12.2 Å². The number of likely N-dealkylation sites (tertiary alicyclic amines) is 1. The minimum atomic E-state index is -0.498. The Balaban J connectivity index is 1.98. The average Bonchev–Trinajstić information content (AvgIpc) is 2.85.